The van der Waals surface area contributed by atoms with Crippen LogP contribution in [0.3, 0.4) is 0 Å². The number of carboxylic acid groups (broad SMARTS) is 1. The van der Waals surface area contributed by atoms with Gasteiger partial charge in [-0.3, -0.25) is 4.79 Å². The highest BCUT2D eigenvalue weighted by Gasteiger charge is 2.25. The van der Waals surface area contributed by atoms with Gasteiger partial charge in [-0.1, -0.05) is 0 Å². The number of anilines is 1. The van der Waals surface area contributed by atoms with Gasteiger partial charge in [0.05, 0.1) is 11.7 Å². The molecule has 1 heterocycles. The summed E-state index contributed by atoms with van der Waals surface area (Å²) in [5.41, 5.74) is 0.517. The average molecular weight is 257 g/mol. The second kappa shape index (κ2) is 5.24. The van der Waals surface area contributed by atoms with E-state index in [2.05, 4.69) is 9.69 Å². The molecule has 0 aliphatic rings. The molecule has 0 bridgehead atoms. The minimum atomic E-state index is -1.07. The van der Waals surface area contributed by atoms with E-state index in [1.807, 2.05) is 0 Å². The molecule has 17 heavy (non-hydrogen) atoms. The van der Waals surface area contributed by atoms with Crippen LogP contribution in [-0.4, -0.2) is 41.5 Å². The Labute approximate surface area is 103 Å². The molecule has 1 atom stereocenters. The number of likely N-dealkylation sites (N-methyl/N-ethyl adjacent to an activating group) is 2. The average Bonchev–Trinajstić information content (AvgIpc) is 2.68. The third kappa shape index (κ3) is 2.62. The van der Waals surface area contributed by atoms with Crippen LogP contribution in [0, 0.1) is 6.92 Å². The molecule has 94 valence electrons. The molecule has 2 N–H and O–H groups in total. The highest BCUT2D eigenvalue weighted by Crippen LogP contribution is 2.28. The number of nitrogens with one attached hydrogen (secondary N) is 1. The van der Waals surface area contributed by atoms with Crippen molar-refractivity contribution in [2.24, 2.45) is 0 Å². The van der Waals surface area contributed by atoms with Gasteiger partial charge in [-0.05, 0) is 32.4 Å². The van der Waals surface area contributed by atoms with Crippen LogP contribution in [0.25, 0.3) is 0 Å². The highest BCUT2D eigenvalue weighted by atomic mass is 32.1. The fourth-order valence-electron chi connectivity index (χ4n) is 1.35. The molecule has 6 nitrogen and oxygen atoms in total. The van der Waals surface area contributed by atoms with Crippen molar-refractivity contribution in [1.29, 1.82) is 0 Å². The van der Waals surface area contributed by atoms with Crippen molar-refractivity contribution in [2.75, 3.05) is 19.0 Å². The van der Waals surface area contributed by atoms with Crippen molar-refractivity contribution in [3.63, 3.8) is 0 Å². The lowest BCUT2D eigenvalue weighted by Gasteiger charge is -2.19. The number of hydrogen-bond acceptors (Lipinski definition) is 5. The first kappa shape index (κ1) is 13.6. The molecule has 0 spiro atoms. The fourth-order valence-corrected chi connectivity index (χ4v) is 2.20. The van der Waals surface area contributed by atoms with Crippen LogP contribution >= 0.6 is 11.5 Å². The molecule has 0 aliphatic heterocycles. The lowest BCUT2D eigenvalue weighted by Crippen LogP contribution is -2.41. The molecular formula is C10H15N3O3S. The quantitative estimate of drug-likeness (QED) is 0.830. The van der Waals surface area contributed by atoms with Crippen molar-refractivity contribution >= 4 is 28.4 Å². The third-order valence-corrected chi connectivity index (χ3v) is 3.51. The number of carboxylic acids is 1. The van der Waals surface area contributed by atoms with Gasteiger partial charge in [0, 0.05) is 7.05 Å². The van der Waals surface area contributed by atoms with Crippen molar-refractivity contribution in [2.45, 2.75) is 19.9 Å². The van der Waals surface area contributed by atoms with E-state index in [4.69, 9.17) is 5.11 Å². The Kier molecular flexibility index (Phi) is 4.19. The first-order valence-corrected chi connectivity index (χ1v) is 5.81. The van der Waals surface area contributed by atoms with Crippen LogP contribution < -0.4 is 10.2 Å². The van der Waals surface area contributed by atoms with Gasteiger partial charge in [0.2, 0.25) is 5.91 Å². The summed E-state index contributed by atoms with van der Waals surface area (Å²) in [5, 5.41) is 12.3. The number of nitrogens with zero attached hydrogens (tertiary/aromatic N) is 2. The number of aromatic nitrogens is 1. The number of carbonyl (C=O) groups excluding carboxylic acids is 1. The maximum Gasteiger partial charge on any atom is 0.340 e. The van der Waals surface area contributed by atoms with Gasteiger partial charge in [0.15, 0.2) is 0 Å². The molecule has 7 heteroatoms. The Balaban J connectivity index is 3.09. The van der Waals surface area contributed by atoms with Gasteiger partial charge >= 0.3 is 5.97 Å². The summed E-state index contributed by atoms with van der Waals surface area (Å²) in [6, 6.07) is -0.371. The van der Waals surface area contributed by atoms with Gasteiger partial charge in [-0.25, -0.2) is 4.79 Å². The molecular weight excluding hydrogens is 242 g/mol. The summed E-state index contributed by atoms with van der Waals surface area (Å²) in [5.74, 6) is -1.26. The standard InChI is InChI=1S/C10H15N3O3S/c1-5-7(10(15)16)9(17-12-5)13(4)8(14)6(2)11-3/h6,11H,1-4H3,(H,15,16). The molecule has 0 saturated carbocycles. The van der Waals surface area contributed by atoms with E-state index in [-0.39, 0.29) is 17.5 Å². The van der Waals surface area contributed by atoms with Crippen LogP contribution in [0.15, 0.2) is 0 Å². The summed E-state index contributed by atoms with van der Waals surface area (Å²) in [7, 11) is 3.22. The molecule has 1 aromatic rings. The van der Waals surface area contributed by atoms with E-state index >= 15 is 0 Å². The number of aromatic carboxylic acids is 1. The number of amides is 1. The predicted octanol–water partition coefficient (Wildman–Crippen LogP) is 0.720. The monoisotopic (exact) mass is 257 g/mol. The van der Waals surface area contributed by atoms with E-state index < -0.39 is 5.97 Å². The molecule has 1 unspecified atom stereocenters. The summed E-state index contributed by atoms with van der Waals surface area (Å²) in [6.45, 7) is 3.33. The maximum absolute atomic E-state index is 11.9. The van der Waals surface area contributed by atoms with Crippen LogP contribution in [0.1, 0.15) is 23.0 Å². The Bertz CT molecular complexity index is 444. The topological polar surface area (TPSA) is 82.5 Å². The second-order valence-corrected chi connectivity index (χ2v) is 4.41. The van der Waals surface area contributed by atoms with Crippen LogP contribution in [0.2, 0.25) is 0 Å². The van der Waals surface area contributed by atoms with Crippen molar-refractivity contribution in [3.05, 3.63) is 11.3 Å². The van der Waals surface area contributed by atoms with E-state index in [1.54, 1.807) is 27.9 Å². The molecule has 0 saturated heterocycles. The Morgan fingerprint density at radius 2 is 2.12 bits per heavy atom. The number of hydrogen-bond donors (Lipinski definition) is 2. The lowest BCUT2D eigenvalue weighted by atomic mass is 10.2. The molecule has 1 amide bonds. The zero-order valence-electron chi connectivity index (χ0n) is 10.1. The predicted molar refractivity (Wildman–Crippen MR) is 65.7 cm³/mol. The Morgan fingerprint density at radius 1 is 1.53 bits per heavy atom. The van der Waals surface area contributed by atoms with Gasteiger partial charge in [0.1, 0.15) is 10.6 Å². The Morgan fingerprint density at radius 3 is 2.59 bits per heavy atom. The van der Waals surface area contributed by atoms with Gasteiger partial charge in [-0.2, -0.15) is 4.37 Å². The lowest BCUT2D eigenvalue weighted by molar-refractivity contribution is -0.119. The van der Waals surface area contributed by atoms with Gasteiger partial charge in [-0.15, -0.1) is 0 Å². The summed E-state index contributed by atoms with van der Waals surface area (Å²) in [4.78, 5) is 24.3. The van der Waals surface area contributed by atoms with Crippen LogP contribution in [0.5, 0.6) is 0 Å². The largest absolute Gasteiger partial charge is 0.478 e. The van der Waals surface area contributed by atoms with Crippen molar-refractivity contribution in [1.82, 2.24) is 9.69 Å². The van der Waals surface area contributed by atoms with Crippen molar-refractivity contribution in [3.8, 4) is 0 Å². The molecule has 1 aromatic heterocycles. The first-order chi connectivity index (χ1) is 7.90. The maximum atomic E-state index is 11.9. The van der Waals surface area contributed by atoms with E-state index in [9.17, 15) is 9.59 Å². The second-order valence-electron chi connectivity index (χ2n) is 3.66. The minimum absolute atomic E-state index is 0.0918. The molecule has 0 aliphatic carbocycles. The van der Waals surface area contributed by atoms with Gasteiger partial charge < -0.3 is 15.3 Å². The van der Waals surface area contributed by atoms with E-state index in [0.29, 0.717) is 10.7 Å². The normalized spacial score (nSPS) is 12.2. The molecule has 1 rings (SSSR count). The summed E-state index contributed by atoms with van der Waals surface area (Å²) >= 11 is 1.02. The summed E-state index contributed by atoms with van der Waals surface area (Å²) < 4.78 is 3.97. The zero-order chi connectivity index (χ0) is 13.2. The van der Waals surface area contributed by atoms with Gasteiger partial charge in [0.25, 0.3) is 0 Å². The highest BCUT2D eigenvalue weighted by molar-refractivity contribution is 7.11. The number of carbonyl (C=O) groups is 2. The summed E-state index contributed by atoms with van der Waals surface area (Å²) in [6.07, 6.45) is 0. The number of aryl methyl sites for hydroxylation is 1. The Hall–Kier alpha value is -1.47. The molecule has 0 radical (unpaired) electrons. The molecule has 0 fully saturated rings. The van der Waals surface area contributed by atoms with Crippen LogP contribution in [-0.2, 0) is 4.79 Å². The third-order valence-electron chi connectivity index (χ3n) is 2.50. The number of rotatable bonds is 4. The first-order valence-electron chi connectivity index (χ1n) is 5.04. The van der Waals surface area contributed by atoms with Crippen molar-refractivity contribution < 1.29 is 14.7 Å². The molecule has 0 aromatic carbocycles. The van der Waals surface area contributed by atoms with Crippen LogP contribution in [0.4, 0.5) is 5.00 Å². The fraction of sp³-hybridized carbons (Fsp3) is 0.500. The zero-order valence-corrected chi connectivity index (χ0v) is 11.0. The SMILES string of the molecule is CNC(C)C(=O)N(C)c1snc(C)c1C(=O)O. The minimum Gasteiger partial charge on any atom is -0.478 e. The smallest absolute Gasteiger partial charge is 0.340 e. The van der Waals surface area contributed by atoms with E-state index in [0.717, 1.165) is 11.5 Å². The van der Waals surface area contributed by atoms with E-state index in [1.165, 1.54) is 4.90 Å².